The molecule has 17 heteroatoms. The number of amides is 1. The predicted octanol–water partition coefficient (Wildman–Crippen LogP) is 10.6. The van der Waals surface area contributed by atoms with Gasteiger partial charge in [0.15, 0.2) is 0 Å². The van der Waals surface area contributed by atoms with E-state index in [1.54, 1.807) is 12.1 Å². The molecule has 3 aliphatic rings. The third-order valence-electron chi connectivity index (χ3n) is 12.7. The van der Waals surface area contributed by atoms with Crippen molar-refractivity contribution in [3.63, 3.8) is 0 Å². The summed E-state index contributed by atoms with van der Waals surface area (Å²) in [6.45, 7) is 10.7. The zero-order chi connectivity index (χ0) is 47.1. The largest absolute Gasteiger partial charge is 0.501 e. The van der Waals surface area contributed by atoms with Crippen molar-refractivity contribution < 1.29 is 36.3 Å². The van der Waals surface area contributed by atoms with E-state index in [1.807, 2.05) is 54.6 Å². The van der Waals surface area contributed by atoms with Gasteiger partial charge in [-0.3, -0.25) is 19.2 Å². The number of allylic oxidation sites excluding steroid dienone is 1. The number of carbonyl (C=O) groups excluding carboxylic acids is 1. The van der Waals surface area contributed by atoms with Crippen molar-refractivity contribution in [1.82, 2.24) is 14.5 Å². The predicted molar refractivity (Wildman–Crippen MR) is 260 cm³/mol. The average Bonchev–Trinajstić information content (AvgIpc) is 3.30. The molecule has 2 saturated heterocycles. The molecule has 10 nitrogen and oxygen atoms in total. The highest BCUT2D eigenvalue weighted by molar-refractivity contribution is 7.99. The molecule has 4 aromatic rings. The lowest BCUT2D eigenvalue weighted by molar-refractivity contribution is -0.143. The molecule has 0 saturated carbocycles. The van der Waals surface area contributed by atoms with E-state index in [0.29, 0.717) is 50.2 Å². The number of likely N-dealkylation sites (tertiary alicyclic amines) is 1. The van der Waals surface area contributed by atoms with Crippen LogP contribution in [0.1, 0.15) is 68.3 Å². The number of halogens is 4. The monoisotopic (exact) mass is 983 g/mol. The summed E-state index contributed by atoms with van der Waals surface area (Å²) in [5.74, 6) is -1.28. The average molecular weight is 985 g/mol. The molecule has 66 heavy (non-hydrogen) atoms. The maximum atomic E-state index is 14.2. The summed E-state index contributed by atoms with van der Waals surface area (Å²) in [5, 5.41) is 13.3. The Morgan fingerprint density at radius 1 is 0.879 bits per heavy atom. The molecule has 0 spiro atoms. The Bertz CT molecular complexity index is 2440. The number of sulfone groups is 1. The number of carbonyl (C=O) groups is 2. The Morgan fingerprint density at radius 3 is 2.21 bits per heavy atom. The highest BCUT2D eigenvalue weighted by Crippen LogP contribution is 2.43. The van der Waals surface area contributed by atoms with Crippen LogP contribution < -0.4 is 14.9 Å². The van der Waals surface area contributed by atoms with Gasteiger partial charge in [0.1, 0.15) is 4.90 Å². The second-order valence-corrected chi connectivity index (χ2v) is 22.4. The zero-order valence-corrected chi connectivity index (χ0v) is 40.4. The van der Waals surface area contributed by atoms with Gasteiger partial charge in [0.2, 0.25) is 0 Å². The molecule has 0 radical (unpaired) electrons. The maximum Gasteiger partial charge on any atom is 0.501 e. The van der Waals surface area contributed by atoms with Gasteiger partial charge < -0.3 is 20.2 Å². The molecule has 2 fully saturated rings. The first-order chi connectivity index (χ1) is 31.4. The fourth-order valence-electron chi connectivity index (χ4n) is 8.89. The molecule has 2 aliphatic heterocycles. The molecule has 7 rings (SSSR count). The zero-order valence-electron chi connectivity index (χ0n) is 37.2. The number of carboxylic acid groups (broad SMARTS) is 1. The lowest BCUT2D eigenvalue weighted by Gasteiger charge is -2.39. The lowest BCUT2D eigenvalue weighted by Crippen LogP contribution is -2.47. The van der Waals surface area contributed by atoms with E-state index in [0.717, 1.165) is 85.6 Å². The molecule has 0 unspecified atom stereocenters. The van der Waals surface area contributed by atoms with E-state index in [-0.39, 0.29) is 16.0 Å². The third-order valence-corrected chi connectivity index (χ3v) is 16.5. The van der Waals surface area contributed by atoms with Crippen LogP contribution in [0.2, 0.25) is 5.02 Å². The maximum absolute atomic E-state index is 14.2. The van der Waals surface area contributed by atoms with Crippen molar-refractivity contribution in [2.45, 2.75) is 78.6 Å². The van der Waals surface area contributed by atoms with E-state index in [1.165, 1.54) is 40.6 Å². The number of piperazine rings is 1. The fraction of sp³-hybridized carbons (Fsp3) is 0.429. The van der Waals surface area contributed by atoms with E-state index in [4.69, 9.17) is 11.6 Å². The molecule has 1 amide bonds. The number of thioether (sulfide) groups is 1. The summed E-state index contributed by atoms with van der Waals surface area (Å²) in [4.78, 5) is 31.8. The molecule has 1 atom stereocenters. The van der Waals surface area contributed by atoms with Gasteiger partial charge >= 0.3 is 11.5 Å². The Kier molecular flexibility index (Phi) is 16.4. The first-order valence-corrected chi connectivity index (χ1v) is 26.0. The topological polar surface area (TPSA) is 122 Å². The minimum Gasteiger partial charge on any atom is -0.481 e. The number of aliphatic carboxylic acids is 1. The molecule has 0 bridgehead atoms. The van der Waals surface area contributed by atoms with Crippen LogP contribution in [0.15, 0.2) is 117 Å². The van der Waals surface area contributed by atoms with Gasteiger partial charge in [0.05, 0.1) is 11.6 Å². The first-order valence-electron chi connectivity index (χ1n) is 22.3. The van der Waals surface area contributed by atoms with Gasteiger partial charge in [0, 0.05) is 77.1 Å². The minimum absolute atomic E-state index is 0.107. The molecule has 2 heterocycles. The van der Waals surface area contributed by atoms with Gasteiger partial charge in [-0.15, -0.1) is 11.8 Å². The number of nitrogens with one attached hydrogen (secondary N) is 2. The van der Waals surface area contributed by atoms with Gasteiger partial charge in [-0.25, -0.2) is 8.42 Å². The quantitative estimate of drug-likeness (QED) is 0.0692. The van der Waals surface area contributed by atoms with Crippen LogP contribution in [0.5, 0.6) is 0 Å². The number of rotatable bonds is 17. The summed E-state index contributed by atoms with van der Waals surface area (Å²) in [6, 6.07) is 28.1. The molecule has 3 N–H and O–H groups in total. The van der Waals surface area contributed by atoms with Gasteiger partial charge in [-0.05, 0) is 147 Å². The third kappa shape index (κ3) is 13.1. The van der Waals surface area contributed by atoms with E-state index in [2.05, 4.69) is 50.7 Å². The highest BCUT2D eigenvalue weighted by Gasteiger charge is 2.48. The number of piperidine rings is 1. The fourth-order valence-corrected chi connectivity index (χ4v) is 11.7. The number of carboxylic acids is 1. The Morgan fingerprint density at radius 2 is 1.56 bits per heavy atom. The van der Waals surface area contributed by atoms with Crippen molar-refractivity contribution in [3.05, 3.63) is 119 Å². The smallest absolute Gasteiger partial charge is 0.481 e. The van der Waals surface area contributed by atoms with Crippen molar-refractivity contribution >= 4 is 74.0 Å². The van der Waals surface area contributed by atoms with Crippen molar-refractivity contribution in [2.24, 2.45) is 11.3 Å². The van der Waals surface area contributed by atoms with Crippen LogP contribution in [-0.4, -0.2) is 105 Å². The van der Waals surface area contributed by atoms with E-state index >= 15 is 0 Å². The number of benzene rings is 4. The molecule has 4 aromatic carbocycles. The molecule has 354 valence electrons. The van der Waals surface area contributed by atoms with Crippen LogP contribution in [0.4, 0.5) is 24.5 Å². The molecular formula is C49H57ClF3N5O5S3. The number of anilines is 2. The Hall–Kier alpha value is -4.19. The molecular weight excluding hydrogens is 927 g/mol. The second-order valence-electron chi connectivity index (χ2n) is 18.1. The second kappa shape index (κ2) is 21.8. The molecule has 0 aromatic heterocycles. The Balaban J connectivity index is 0.975. The van der Waals surface area contributed by atoms with E-state index in [9.17, 15) is 36.3 Å². The van der Waals surface area contributed by atoms with Crippen LogP contribution in [-0.2, 0) is 14.6 Å². The van der Waals surface area contributed by atoms with Crippen molar-refractivity contribution in [2.75, 3.05) is 68.3 Å². The number of nitrogens with zero attached hydrogens (tertiary/aromatic N) is 3. The van der Waals surface area contributed by atoms with Gasteiger partial charge in [-0.2, -0.15) is 13.2 Å². The number of hydrogen-bond donors (Lipinski definition) is 3. The lowest BCUT2D eigenvalue weighted by atomic mass is 9.73. The summed E-state index contributed by atoms with van der Waals surface area (Å²) in [6.07, 6.45) is 4.72. The van der Waals surface area contributed by atoms with Crippen LogP contribution in [0.25, 0.3) is 5.57 Å². The van der Waals surface area contributed by atoms with Crippen molar-refractivity contribution in [3.8, 4) is 0 Å². The summed E-state index contributed by atoms with van der Waals surface area (Å²) < 4.78 is 71.4. The van der Waals surface area contributed by atoms with Crippen LogP contribution in [0, 0.1) is 11.3 Å². The van der Waals surface area contributed by atoms with Gasteiger partial charge in [-0.1, -0.05) is 61.4 Å². The van der Waals surface area contributed by atoms with Crippen LogP contribution >= 0.6 is 35.3 Å². The highest BCUT2D eigenvalue weighted by atomic mass is 35.5. The van der Waals surface area contributed by atoms with Crippen LogP contribution in [0.3, 0.4) is 0 Å². The number of hydrogen-bond acceptors (Lipinski definition) is 10. The Labute approximate surface area is 399 Å². The molecule has 1 aliphatic carbocycles. The first kappa shape index (κ1) is 49.7. The SMILES string of the molecule is CC1(C)CCC(c2ccc(Cl)cc2)=C(CN2CCN(c3ccc(C(=O)NSc4ccc(N[C@H](CCN5CCC(C(=O)O)CC5)CSc5ccccc5)c(S(=O)(=O)C(F)(F)F)c4)cc3)CC2)C1. The summed E-state index contributed by atoms with van der Waals surface area (Å²) >= 11 is 8.43. The number of alkyl halides is 3. The minimum atomic E-state index is -5.80. The normalized spacial score (nSPS) is 18.2. The standard InChI is InChI=1S/C49H57ClF3N5O5S3/c1-48(2)22-18-43(34-8-12-38(50)13-9-34)37(31-48)32-57-26-28-58(29-27-57)40-14-10-35(11-15-40)46(59)55-65-42-16-17-44(45(30-42)66(62,63)49(51,52)53)54-39(33-64-41-6-4-3-5-7-41)21-25-56-23-19-36(20-24-56)47(60)61/h3-17,30,36,39,54H,18-29,31-33H2,1-2H3,(H,55,59)(H,60,61)/t39-/m1/s1. The van der Waals surface area contributed by atoms with E-state index < -0.39 is 44.1 Å². The van der Waals surface area contributed by atoms with Crippen molar-refractivity contribution in [1.29, 1.82) is 0 Å². The summed E-state index contributed by atoms with van der Waals surface area (Å²) in [5.41, 5.74) is -0.0274. The van der Waals surface area contributed by atoms with Gasteiger partial charge in [0.25, 0.3) is 15.7 Å². The summed E-state index contributed by atoms with van der Waals surface area (Å²) in [7, 11) is -5.80.